The molecular formula is C21H17ClN2O3. The Balaban J connectivity index is 2.00. The molecule has 1 amide bonds. The first-order valence-electron chi connectivity index (χ1n) is 8.15. The molecule has 0 unspecified atom stereocenters. The van der Waals surface area contributed by atoms with Crippen LogP contribution in [-0.2, 0) is 14.3 Å². The van der Waals surface area contributed by atoms with E-state index in [-0.39, 0.29) is 18.1 Å². The number of amides is 1. The predicted molar refractivity (Wildman–Crippen MR) is 106 cm³/mol. The van der Waals surface area contributed by atoms with Crippen LogP contribution in [0.15, 0.2) is 60.2 Å². The van der Waals surface area contributed by atoms with Crippen LogP contribution >= 0.6 is 11.6 Å². The van der Waals surface area contributed by atoms with Crippen molar-refractivity contribution in [3.05, 3.63) is 76.3 Å². The predicted octanol–water partition coefficient (Wildman–Crippen LogP) is 4.46. The van der Waals surface area contributed by atoms with Gasteiger partial charge in [-0.2, -0.15) is 5.26 Å². The molecular weight excluding hydrogens is 364 g/mol. The molecule has 2 aromatic rings. The standard InChI is InChI=1S/C21H17ClN2O3/c1-2-27-21(26)17(14-23)13-16-5-10-19(11-6-16)24-20(25)12-7-15-3-8-18(22)9-4-15/h3-13H,2H2,1H3,(H,24,25)/b12-7+,17-13+. The first-order chi connectivity index (χ1) is 13.0. The van der Waals surface area contributed by atoms with E-state index in [4.69, 9.17) is 21.6 Å². The SMILES string of the molecule is CCOC(=O)/C(C#N)=C/c1ccc(NC(=O)/C=C/c2ccc(Cl)cc2)cc1. The van der Waals surface area contributed by atoms with Crippen molar-refractivity contribution >= 4 is 41.3 Å². The van der Waals surface area contributed by atoms with Crippen molar-refractivity contribution in [2.45, 2.75) is 6.92 Å². The molecule has 1 N–H and O–H groups in total. The highest BCUT2D eigenvalue weighted by Crippen LogP contribution is 2.14. The summed E-state index contributed by atoms with van der Waals surface area (Å²) in [5, 5.41) is 12.4. The molecule has 0 spiro atoms. The Morgan fingerprint density at radius 3 is 2.33 bits per heavy atom. The second kappa shape index (κ2) is 9.95. The van der Waals surface area contributed by atoms with Crippen molar-refractivity contribution in [2.75, 3.05) is 11.9 Å². The lowest BCUT2D eigenvalue weighted by atomic mass is 10.1. The van der Waals surface area contributed by atoms with Crippen molar-refractivity contribution in [1.82, 2.24) is 0 Å². The van der Waals surface area contributed by atoms with Crippen molar-refractivity contribution in [2.24, 2.45) is 0 Å². The number of anilines is 1. The van der Waals surface area contributed by atoms with Gasteiger partial charge in [-0.15, -0.1) is 0 Å². The smallest absolute Gasteiger partial charge is 0.348 e. The molecule has 0 radical (unpaired) electrons. The van der Waals surface area contributed by atoms with Gasteiger partial charge in [0.1, 0.15) is 11.6 Å². The molecule has 0 fully saturated rings. The number of ether oxygens (including phenoxy) is 1. The van der Waals surface area contributed by atoms with Crippen LogP contribution < -0.4 is 5.32 Å². The van der Waals surface area contributed by atoms with Gasteiger partial charge in [-0.05, 0) is 54.5 Å². The van der Waals surface area contributed by atoms with Gasteiger partial charge in [0.15, 0.2) is 0 Å². The minimum Gasteiger partial charge on any atom is -0.462 e. The fourth-order valence-electron chi connectivity index (χ4n) is 2.10. The lowest BCUT2D eigenvalue weighted by Gasteiger charge is -2.03. The highest BCUT2D eigenvalue weighted by atomic mass is 35.5. The topological polar surface area (TPSA) is 79.2 Å². The maximum Gasteiger partial charge on any atom is 0.348 e. The van der Waals surface area contributed by atoms with Crippen molar-refractivity contribution in [3.63, 3.8) is 0 Å². The fourth-order valence-corrected chi connectivity index (χ4v) is 2.23. The zero-order valence-corrected chi connectivity index (χ0v) is 15.4. The van der Waals surface area contributed by atoms with Gasteiger partial charge in [-0.3, -0.25) is 4.79 Å². The van der Waals surface area contributed by atoms with Crippen LogP contribution in [-0.4, -0.2) is 18.5 Å². The van der Waals surface area contributed by atoms with E-state index in [1.165, 1.54) is 12.2 Å². The summed E-state index contributed by atoms with van der Waals surface area (Å²) < 4.78 is 4.81. The molecule has 0 saturated carbocycles. The molecule has 0 saturated heterocycles. The van der Waals surface area contributed by atoms with Crippen molar-refractivity contribution < 1.29 is 14.3 Å². The van der Waals surface area contributed by atoms with E-state index in [2.05, 4.69) is 5.32 Å². The fraction of sp³-hybridized carbons (Fsp3) is 0.0952. The number of hydrogen-bond acceptors (Lipinski definition) is 4. The Bertz CT molecular complexity index is 908. The van der Waals surface area contributed by atoms with Crippen LogP contribution in [0.2, 0.25) is 5.02 Å². The molecule has 27 heavy (non-hydrogen) atoms. The first-order valence-corrected chi connectivity index (χ1v) is 8.53. The molecule has 0 atom stereocenters. The zero-order valence-electron chi connectivity index (χ0n) is 14.6. The van der Waals surface area contributed by atoms with Crippen LogP contribution in [0.4, 0.5) is 5.69 Å². The lowest BCUT2D eigenvalue weighted by molar-refractivity contribution is -0.137. The average Bonchev–Trinajstić information content (AvgIpc) is 2.67. The zero-order chi connectivity index (χ0) is 19.6. The Morgan fingerprint density at radius 1 is 1.11 bits per heavy atom. The van der Waals surface area contributed by atoms with E-state index in [1.54, 1.807) is 49.4 Å². The lowest BCUT2D eigenvalue weighted by Crippen LogP contribution is -2.07. The van der Waals surface area contributed by atoms with Crippen LogP contribution in [0.1, 0.15) is 18.1 Å². The van der Waals surface area contributed by atoms with Gasteiger partial charge in [-0.1, -0.05) is 35.9 Å². The van der Waals surface area contributed by atoms with Gasteiger partial charge in [0.2, 0.25) is 5.91 Å². The minimum absolute atomic E-state index is 0.0838. The molecule has 6 heteroatoms. The number of rotatable bonds is 6. The van der Waals surface area contributed by atoms with Gasteiger partial charge in [0.25, 0.3) is 0 Å². The number of nitrogens with one attached hydrogen (secondary N) is 1. The Hall–Kier alpha value is -3.36. The summed E-state index contributed by atoms with van der Waals surface area (Å²) in [6.07, 6.45) is 4.54. The number of hydrogen-bond donors (Lipinski definition) is 1. The third-order valence-electron chi connectivity index (χ3n) is 3.40. The highest BCUT2D eigenvalue weighted by Gasteiger charge is 2.09. The van der Waals surface area contributed by atoms with E-state index in [9.17, 15) is 9.59 Å². The quantitative estimate of drug-likeness (QED) is 0.455. The molecule has 0 aliphatic rings. The van der Waals surface area contributed by atoms with E-state index in [1.807, 2.05) is 18.2 Å². The second-order valence-electron chi connectivity index (χ2n) is 5.39. The van der Waals surface area contributed by atoms with E-state index in [0.717, 1.165) is 5.56 Å². The third-order valence-corrected chi connectivity index (χ3v) is 3.65. The molecule has 0 heterocycles. The van der Waals surface area contributed by atoms with Crippen LogP contribution in [0.5, 0.6) is 0 Å². The minimum atomic E-state index is -0.662. The number of nitrogens with zero attached hydrogens (tertiary/aromatic N) is 1. The monoisotopic (exact) mass is 380 g/mol. The van der Waals surface area contributed by atoms with Crippen LogP contribution in [0.25, 0.3) is 12.2 Å². The molecule has 2 rings (SSSR count). The molecule has 0 aliphatic carbocycles. The molecule has 0 aromatic heterocycles. The Labute approximate surface area is 162 Å². The number of nitriles is 1. The maximum atomic E-state index is 12.0. The summed E-state index contributed by atoms with van der Waals surface area (Å²) in [6.45, 7) is 1.87. The second-order valence-corrected chi connectivity index (χ2v) is 5.82. The van der Waals surface area contributed by atoms with Gasteiger partial charge >= 0.3 is 5.97 Å². The largest absolute Gasteiger partial charge is 0.462 e. The molecule has 5 nitrogen and oxygen atoms in total. The van der Waals surface area contributed by atoms with E-state index in [0.29, 0.717) is 16.3 Å². The highest BCUT2D eigenvalue weighted by molar-refractivity contribution is 6.30. The van der Waals surface area contributed by atoms with E-state index >= 15 is 0 Å². The Morgan fingerprint density at radius 2 is 1.74 bits per heavy atom. The van der Waals surface area contributed by atoms with Crippen molar-refractivity contribution in [3.8, 4) is 6.07 Å². The summed E-state index contributed by atoms with van der Waals surface area (Å²) in [6, 6.07) is 15.7. The average molecular weight is 381 g/mol. The normalized spacial score (nSPS) is 11.1. The summed E-state index contributed by atoms with van der Waals surface area (Å²) >= 11 is 5.82. The molecule has 2 aromatic carbocycles. The third kappa shape index (κ3) is 6.46. The van der Waals surface area contributed by atoms with Crippen molar-refractivity contribution in [1.29, 1.82) is 5.26 Å². The van der Waals surface area contributed by atoms with Crippen LogP contribution in [0, 0.1) is 11.3 Å². The Kier molecular flexibility index (Phi) is 7.36. The van der Waals surface area contributed by atoms with Crippen LogP contribution in [0.3, 0.4) is 0 Å². The summed E-state index contributed by atoms with van der Waals surface area (Å²) in [7, 11) is 0. The first kappa shape index (κ1) is 20.0. The number of halogens is 1. The number of carbonyl (C=O) groups is 2. The summed E-state index contributed by atoms with van der Waals surface area (Å²) in [5.41, 5.74) is 2.01. The maximum absolute atomic E-state index is 12.0. The molecule has 0 bridgehead atoms. The number of benzene rings is 2. The number of carbonyl (C=O) groups excluding carboxylic acids is 2. The van der Waals surface area contributed by atoms with Gasteiger partial charge in [-0.25, -0.2) is 4.79 Å². The van der Waals surface area contributed by atoms with E-state index < -0.39 is 5.97 Å². The van der Waals surface area contributed by atoms with Gasteiger partial charge < -0.3 is 10.1 Å². The number of esters is 1. The van der Waals surface area contributed by atoms with Gasteiger partial charge in [0.05, 0.1) is 6.61 Å². The molecule has 0 aliphatic heterocycles. The summed E-state index contributed by atoms with van der Waals surface area (Å²) in [4.78, 5) is 23.6. The molecule has 136 valence electrons. The van der Waals surface area contributed by atoms with Gasteiger partial charge in [0, 0.05) is 16.8 Å². The summed E-state index contributed by atoms with van der Waals surface area (Å²) in [5.74, 6) is -0.942.